The van der Waals surface area contributed by atoms with Crippen molar-refractivity contribution in [1.82, 2.24) is 19.7 Å². The summed E-state index contributed by atoms with van der Waals surface area (Å²) in [4.78, 5) is 18.3. The lowest BCUT2D eigenvalue weighted by Crippen LogP contribution is -2.31. The summed E-state index contributed by atoms with van der Waals surface area (Å²) < 4.78 is 1.70. The Morgan fingerprint density at radius 3 is 2.56 bits per heavy atom. The van der Waals surface area contributed by atoms with Gasteiger partial charge in [0.25, 0.3) is 0 Å². The second-order valence-electron chi connectivity index (χ2n) is 5.88. The molecule has 3 aromatic rings. The number of carbonyl (C=O) groups excluding carboxylic acids is 1. The van der Waals surface area contributed by atoms with Crippen LogP contribution in [-0.4, -0.2) is 32.6 Å². The molecule has 0 saturated heterocycles. The molecule has 0 aliphatic carbocycles. The minimum atomic E-state index is -0.0419. The molecule has 1 amide bonds. The molecule has 5 nitrogen and oxygen atoms in total. The van der Waals surface area contributed by atoms with Gasteiger partial charge in [0, 0.05) is 12.1 Å². The van der Waals surface area contributed by atoms with Crippen LogP contribution in [0.2, 0.25) is 5.02 Å². The third-order valence-corrected chi connectivity index (χ3v) is 4.70. The summed E-state index contributed by atoms with van der Waals surface area (Å²) in [5.74, 6) is 0.0287. The molecular formula is C19H19ClN4O. The molecular weight excluding hydrogens is 336 g/mol. The molecule has 1 aromatic heterocycles. The zero-order valence-electron chi connectivity index (χ0n) is 14.1. The van der Waals surface area contributed by atoms with E-state index in [0.717, 1.165) is 16.8 Å². The van der Waals surface area contributed by atoms with Crippen LogP contribution in [0.5, 0.6) is 0 Å². The number of hydrogen-bond donors (Lipinski definition) is 0. The fourth-order valence-electron chi connectivity index (χ4n) is 2.62. The average Bonchev–Trinajstić information content (AvgIpc) is 3.17. The fourth-order valence-corrected chi connectivity index (χ4v) is 2.82. The van der Waals surface area contributed by atoms with E-state index in [4.69, 9.17) is 11.6 Å². The molecule has 6 heteroatoms. The lowest BCUT2D eigenvalue weighted by atomic mass is 10.1. The van der Waals surface area contributed by atoms with Crippen molar-refractivity contribution < 1.29 is 4.79 Å². The average molecular weight is 355 g/mol. The number of halogens is 1. The monoisotopic (exact) mass is 354 g/mol. The second-order valence-corrected chi connectivity index (χ2v) is 6.29. The van der Waals surface area contributed by atoms with Crippen LogP contribution in [0.25, 0.3) is 5.69 Å². The molecule has 25 heavy (non-hydrogen) atoms. The highest BCUT2D eigenvalue weighted by molar-refractivity contribution is 6.31. The second kappa shape index (κ2) is 7.49. The number of carbonyl (C=O) groups is 1. The third kappa shape index (κ3) is 3.88. The first-order valence-corrected chi connectivity index (χ1v) is 8.38. The Labute approximate surface area is 151 Å². The van der Waals surface area contributed by atoms with Gasteiger partial charge in [-0.15, -0.1) is 0 Å². The van der Waals surface area contributed by atoms with Crippen molar-refractivity contribution in [3.63, 3.8) is 0 Å². The van der Waals surface area contributed by atoms with E-state index in [0.29, 0.717) is 5.02 Å². The predicted octanol–water partition coefficient (Wildman–Crippen LogP) is 3.68. The molecule has 3 rings (SSSR count). The smallest absolute Gasteiger partial charge is 0.227 e. The van der Waals surface area contributed by atoms with Gasteiger partial charge in [0.05, 0.1) is 18.2 Å². The molecule has 0 saturated carbocycles. The molecule has 0 aliphatic heterocycles. The highest BCUT2D eigenvalue weighted by atomic mass is 35.5. The maximum absolute atomic E-state index is 12.6. The minimum Gasteiger partial charge on any atom is -0.339 e. The summed E-state index contributed by atoms with van der Waals surface area (Å²) in [6.07, 6.45) is 3.44. The van der Waals surface area contributed by atoms with Gasteiger partial charge in [0.15, 0.2) is 0 Å². The predicted molar refractivity (Wildman–Crippen MR) is 97.7 cm³/mol. The van der Waals surface area contributed by atoms with Gasteiger partial charge in [-0.2, -0.15) is 5.10 Å². The summed E-state index contributed by atoms with van der Waals surface area (Å²) in [6, 6.07) is 15.3. The van der Waals surface area contributed by atoms with E-state index in [1.54, 1.807) is 22.0 Å². The fraction of sp³-hybridized carbons (Fsp3) is 0.211. The van der Waals surface area contributed by atoms with Crippen LogP contribution < -0.4 is 0 Å². The molecule has 1 atom stereocenters. The van der Waals surface area contributed by atoms with Crippen LogP contribution >= 0.6 is 11.6 Å². The van der Waals surface area contributed by atoms with Gasteiger partial charge in [-0.25, -0.2) is 9.67 Å². The van der Waals surface area contributed by atoms with Crippen LogP contribution in [0.3, 0.4) is 0 Å². The Morgan fingerprint density at radius 2 is 1.92 bits per heavy atom. The Morgan fingerprint density at radius 1 is 1.20 bits per heavy atom. The van der Waals surface area contributed by atoms with Crippen molar-refractivity contribution >= 4 is 17.5 Å². The van der Waals surface area contributed by atoms with Crippen molar-refractivity contribution in [3.8, 4) is 5.69 Å². The number of aromatic nitrogens is 3. The van der Waals surface area contributed by atoms with E-state index in [9.17, 15) is 4.79 Å². The SMILES string of the molecule is C[C@@H](c1ccc(-n2cncn2)cc1)N(C)C(=O)Cc1ccccc1Cl. The van der Waals surface area contributed by atoms with Crippen molar-refractivity contribution in [2.45, 2.75) is 19.4 Å². The topological polar surface area (TPSA) is 51.0 Å². The zero-order valence-corrected chi connectivity index (χ0v) is 14.9. The highest BCUT2D eigenvalue weighted by Gasteiger charge is 2.18. The Kier molecular flexibility index (Phi) is 5.14. The lowest BCUT2D eigenvalue weighted by Gasteiger charge is -2.26. The van der Waals surface area contributed by atoms with E-state index in [1.165, 1.54) is 6.33 Å². The van der Waals surface area contributed by atoms with Crippen molar-refractivity contribution in [1.29, 1.82) is 0 Å². The van der Waals surface area contributed by atoms with E-state index in [-0.39, 0.29) is 18.4 Å². The Bertz CT molecular complexity index is 846. The van der Waals surface area contributed by atoms with Gasteiger partial charge in [-0.3, -0.25) is 4.79 Å². The van der Waals surface area contributed by atoms with E-state index < -0.39 is 0 Å². The van der Waals surface area contributed by atoms with Gasteiger partial charge in [0.2, 0.25) is 5.91 Å². The zero-order chi connectivity index (χ0) is 17.8. The Balaban J connectivity index is 1.70. The summed E-state index contributed by atoms with van der Waals surface area (Å²) in [5.41, 5.74) is 2.83. The van der Waals surface area contributed by atoms with Crippen molar-refractivity contribution in [3.05, 3.63) is 77.3 Å². The molecule has 0 spiro atoms. The van der Waals surface area contributed by atoms with E-state index in [2.05, 4.69) is 10.1 Å². The largest absolute Gasteiger partial charge is 0.339 e. The molecule has 0 N–H and O–H groups in total. The van der Waals surface area contributed by atoms with E-state index >= 15 is 0 Å². The standard InChI is InChI=1S/C19H19ClN4O/c1-14(15-7-9-17(10-8-15)24-13-21-12-22-24)23(2)19(25)11-16-5-3-4-6-18(16)20/h3-10,12-14H,11H2,1-2H3/t14-/m0/s1. The molecule has 2 aromatic carbocycles. The van der Waals surface area contributed by atoms with Crippen LogP contribution in [0.15, 0.2) is 61.2 Å². The van der Waals surface area contributed by atoms with Gasteiger partial charge in [0.1, 0.15) is 12.7 Å². The molecule has 128 valence electrons. The summed E-state index contributed by atoms with van der Waals surface area (Å²) >= 11 is 6.15. The number of hydrogen-bond acceptors (Lipinski definition) is 3. The first-order valence-electron chi connectivity index (χ1n) is 8.00. The maximum atomic E-state index is 12.6. The quantitative estimate of drug-likeness (QED) is 0.702. The summed E-state index contributed by atoms with van der Waals surface area (Å²) in [6.45, 7) is 2.01. The maximum Gasteiger partial charge on any atom is 0.227 e. The highest BCUT2D eigenvalue weighted by Crippen LogP contribution is 2.22. The molecule has 0 unspecified atom stereocenters. The number of benzene rings is 2. The van der Waals surface area contributed by atoms with E-state index in [1.807, 2.05) is 56.4 Å². The third-order valence-electron chi connectivity index (χ3n) is 4.33. The number of likely N-dealkylation sites (N-methyl/N-ethyl adjacent to an activating group) is 1. The molecule has 0 bridgehead atoms. The first kappa shape index (κ1) is 17.2. The molecule has 0 fully saturated rings. The van der Waals surface area contributed by atoms with Gasteiger partial charge >= 0.3 is 0 Å². The van der Waals surface area contributed by atoms with Gasteiger partial charge in [-0.05, 0) is 36.2 Å². The molecule has 1 heterocycles. The van der Waals surface area contributed by atoms with Crippen molar-refractivity contribution in [2.75, 3.05) is 7.05 Å². The van der Waals surface area contributed by atoms with Gasteiger partial charge < -0.3 is 4.90 Å². The Hall–Kier alpha value is -2.66. The molecule has 0 radical (unpaired) electrons. The number of nitrogens with zero attached hydrogens (tertiary/aromatic N) is 4. The van der Waals surface area contributed by atoms with Crippen molar-refractivity contribution in [2.24, 2.45) is 0 Å². The lowest BCUT2D eigenvalue weighted by molar-refractivity contribution is -0.131. The van der Waals surface area contributed by atoms with Crippen LogP contribution in [0.4, 0.5) is 0 Å². The summed E-state index contributed by atoms with van der Waals surface area (Å²) in [7, 11) is 1.81. The van der Waals surface area contributed by atoms with Crippen LogP contribution in [0.1, 0.15) is 24.1 Å². The first-order chi connectivity index (χ1) is 12.1. The minimum absolute atomic E-state index is 0.0287. The number of amides is 1. The number of rotatable bonds is 5. The normalized spacial score (nSPS) is 12.0. The van der Waals surface area contributed by atoms with Crippen LogP contribution in [-0.2, 0) is 11.2 Å². The molecule has 0 aliphatic rings. The van der Waals surface area contributed by atoms with Gasteiger partial charge in [-0.1, -0.05) is 41.9 Å². The van der Waals surface area contributed by atoms with Crippen LogP contribution in [0, 0.1) is 0 Å². The summed E-state index contributed by atoms with van der Waals surface area (Å²) in [5, 5.41) is 4.73.